The number of hydrogen-bond donors (Lipinski definition) is 1. The molecule has 0 aliphatic carbocycles. The molecule has 1 rings (SSSR count). The average molecular weight is 232 g/mol. The van der Waals surface area contributed by atoms with Gasteiger partial charge in [-0.15, -0.1) is 0 Å². The highest BCUT2D eigenvalue weighted by molar-refractivity contribution is 7.84. The van der Waals surface area contributed by atoms with Crippen LogP contribution < -0.4 is 5.32 Å². The molecular weight excluding hydrogens is 208 g/mol. The molecule has 0 radical (unpaired) electrons. The molecule has 1 heterocycles. The van der Waals surface area contributed by atoms with Crippen molar-refractivity contribution in [1.82, 2.24) is 10.2 Å². The Morgan fingerprint density at radius 2 is 2.27 bits per heavy atom. The summed E-state index contributed by atoms with van der Waals surface area (Å²) in [5.74, 6) is 0. The van der Waals surface area contributed by atoms with Crippen molar-refractivity contribution in [2.45, 2.75) is 44.0 Å². The van der Waals surface area contributed by atoms with Gasteiger partial charge in [-0.3, -0.25) is 9.11 Å². The summed E-state index contributed by atoms with van der Waals surface area (Å²) < 4.78 is 11.3. The highest BCUT2D eigenvalue weighted by Gasteiger charge is 2.25. The summed E-state index contributed by atoms with van der Waals surface area (Å²) in [6, 6.07) is 1.28. The Morgan fingerprint density at radius 3 is 2.73 bits per heavy atom. The van der Waals surface area contributed by atoms with Crippen LogP contribution in [0.5, 0.6) is 0 Å². The molecule has 0 spiro atoms. The zero-order valence-electron chi connectivity index (χ0n) is 10.3. The second-order valence-electron chi connectivity index (χ2n) is 4.66. The van der Waals surface area contributed by atoms with Crippen molar-refractivity contribution in [3.63, 3.8) is 0 Å². The fourth-order valence-electron chi connectivity index (χ4n) is 2.19. The molecule has 1 fully saturated rings. The first-order chi connectivity index (χ1) is 7.04. The van der Waals surface area contributed by atoms with Gasteiger partial charge in [-0.1, -0.05) is 0 Å². The molecule has 4 unspecified atom stereocenters. The molecule has 0 aromatic rings. The average Bonchev–Trinajstić information content (AvgIpc) is 2.20. The summed E-state index contributed by atoms with van der Waals surface area (Å²) in [5.41, 5.74) is 0. The SMILES string of the molecule is CNC1CCN(CC(C)S(C)=O)C(C)C1. The maximum atomic E-state index is 11.3. The Labute approximate surface area is 96.1 Å². The molecule has 0 aromatic carbocycles. The van der Waals surface area contributed by atoms with Crippen LogP contribution in [0.2, 0.25) is 0 Å². The van der Waals surface area contributed by atoms with Crippen LogP contribution in [0.25, 0.3) is 0 Å². The highest BCUT2D eigenvalue weighted by atomic mass is 32.2. The van der Waals surface area contributed by atoms with Crippen molar-refractivity contribution in [2.24, 2.45) is 0 Å². The van der Waals surface area contributed by atoms with Gasteiger partial charge in [0.1, 0.15) is 0 Å². The Balaban J connectivity index is 2.41. The lowest BCUT2D eigenvalue weighted by Crippen LogP contribution is -2.48. The maximum absolute atomic E-state index is 11.3. The number of hydrogen-bond acceptors (Lipinski definition) is 3. The van der Waals surface area contributed by atoms with Crippen molar-refractivity contribution in [3.8, 4) is 0 Å². The van der Waals surface area contributed by atoms with E-state index in [0.29, 0.717) is 17.3 Å². The number of likely N-dealkylation sites (tertiary alicyclic amines) is 1. The predicted molar refractivity (Wildman–Crippen MR) is 66.6 cm³/mol. The molecule has 15 heavy (non-hydrogen) atoms. The first-order valence-corrected chi connectivity index (χ1v) is 7.40. The topological polar surface area (TPSA) is 32.3 Å². The van der Waals surface area contributed by atoms with Crippen LogP contribution in [-0.4, -0.2) is 52.8 Å². The largest absolute Gasteiger partial charge is 0.317 e. The van der Waals surface area contributed by atoms with Gasteiger partial charge in [-0.2, -0.15) is 0 Å². The van der Waals surface area contributed by atoms with Gasteiger partial charge >= 0.3 is 0 Å². The van der Waals surface area contributed by atoms with E-state index in [0.717, 1.165) is 13.1 Å². The van der Waals surface area contributed by atoms with Crippen LogP contribution in [-0.2, 0) is 10.8 Å². The second-order valence-corrected chi connectivity index (χ2v) is 6.47. The third-order valence-corrected chi connectivity index (χ3v) is 4.76. The zero-order chi connectivity index (χ0) is 11.4. The van der Waals surface area contributed by atoms with Crippen LogP contribution in [0.1, 0.15) is 26.7 Å². The highest BCUT2D eigenvalue weighted by Crippen LogP contribution is 2.17. The number of piperidine rings is 1. The minimum atomic E-state index is -0.695. The molecule has 1 aliphatic rings. The number of nitrogens with one attached hydrogen (secondary N) is 1. The molecule has 90 valence electrons. The minimum Gasteiger partial charge on any atom is -0.317 e. The molecule has 0 aromatic heterocycles. The van der Waals surface area contributed by atoms with Crippen molar-refractivity contribution in [2.75, 3.05) is 26.4 Å². The van der Waals surface area contributed by atoms with E-state index in [2.05, 4.69) is 24.1 Å². The molecule has 0 amide bonds. The molecular formula is C11H24N2OS. The van der Waals surface area contributed by atoms with Crippen molar-refractivity contribution < 1.29 is 4.21 Å². The van der Waals surface area contributed by atoms with E-state index >= 15 is 0 Å². The third-order valence-electron chi connectivity index (χ3n) is 3.48. The summed E-state index contributed by atoms with van der Waals surface area (Å²) in [6.45, 7) is 6.46. The van der Waals surface area contributed by atoms with Crippen molar-refractivity contribution in [3.05, 3.63) is 0 Å². The second kappa shape index (κ2) is 5.97. The van der Waals surface area contributed by atoms with Gasteiger partial charge in [0.05, 0.1) is 0 Å². The van der Waals surface area contributed by atoms with Gasteiger partial charge in [-0.25, -0.2) is 0 Å². The number of rotatable bonds is 4. The smallest absolute Gasteiger partial charge is 0.0444 e. The lowest BCUT2D eigenvalue weighted by atomic mass is 9.98. The van der Waals surface area contributed by atoms with E-state index in [1.54, 1.807) is 6.26 Å². The summed E-state index contributed by atoms with van der Waals surface area (Å²) in [6.07, 6.45) is 4.22. The first kappa shape index (κ1) is 13.1. The molecule has 1 N–H and O–H groups in total. The quantitative estimate of drug-likeness (QED) is 0.779. The lowest BCUT2D eigenvalue weighted by molar-refractivity contribution is 0.140. The molecule has 0 bridgehead atoms. The molecule has 0 saturated carbocycles. The lowest BCUT2D eigenvalue weighted by Gasteiger charge is -2.38. The fraction of sp³-hybridized carbons (Fsp3) is 1.00. The van der Waals surface area contributed by atoms with E-state index in [9.17, 15) is 4.21 Å². The van der Waals surface area contributed by atoms with Gasteiger partial charge < -0.3 is 5.32 Å². The van der Waals surface area contributed by atoms with E-state index < -0.39 is 10.8 Å². The molecule has 1 saturated heterocycles. The minimum absolute atomic E-state index is 0.290. The van der Waals surface area contributed by atoms with Crippen LogP contribution in [0, 0.1) is 0 Å². The predicted octanol–water partition coefficient (Wildman–Crippen LogP) is 0.826. The summed E-state index contributed by atoms with van der Waals surface area (Å²) in [5, 5.41) is 3.63. The Hall–Kier alpha value is 0.0700. The Kier molecular flexibility index (Phi) is 5.23. The van der Waals surface area contributed by atoms with Crippen LogP contribution in [0.15, 0.2) is 0 Å². The summed E-state index contributed by atoms with van der Waals surface area (Å²) in [7, 11) is 1.34. The standard InChI is InChI=1S/C11H24N2OS/c1-9-7-11(12-3)5-6-13(9)8-10(2)15(4)14/h9-12H,5-8H2,1-4H3. The maximum Gasteiger partial charge on any atom is 0.0444 e. The van der Waals surface area contributed by atoms with Gasteiger partial charge in [0, 0.05) is 40.9 Å². The van der Waals surface area contributed by atoms with Crippen molar-refractivity contribution in [1.29, 1.82) is 0 Å². The molecule has 4 atom stereocenters. The normalized spacial score (nSPS) is 32.5. The van der Waals surface area contributed by atoms with E-state index in [1.807, 2.05) is 7.05 Å². The van der Waals surface area contributed by atoms with Crippen LogP contribution in [0.4, 0.5) is 0 Å². The zero-order valence-corrected chi connectivity index (χ0v) is 11.1. The molecule has 3 nitrogen and oxygen atoms in total. The van der Waals surface area contributed by atoms with Gasteiger partial charge in [0.15, 0.2) is 0 Å². The van der Waals surface area contributed by atoms with Crippen LogP contribution >= 0.6 is 0 Å². The number of nitrogens with zero attached hydrogens (tertiary/aromatic N) is 1. The van der Waals surface area contributed by atoms with E-state index in [-0.39, 0.29) is 0 Å². The van der Waals surface area contributed by atoms with Gasteiger partial charge in [0.2, 0.25) is 0 Å². The van der Waals surface area contributed by atoms with Gasteiger partial charge in [0.25, 0.3) is 0 Å². The third kappa shape index (κ3) is 3.85. The van der Waals surface area contributed by atoms with Gasteiger partial charge in [-0.05, 0) is 40.3 Å². The first-order valence-electron chi connectivity index (χ1n) is 5.78. The summed E-state index contributed by atoms with van der Waals surface area (Å²) >= 11 is 0. The fourth-order valence-corrected chi connectivity index (χ4v) is 2.59. The van der Waals surface area contributed by atoms with Crippen molar-refractivity contribution >= 4 is 10.8 Å². The van der Waals surface area contributed by atoms with Crippen LogP contribution in [0.3, 0.4) is 0 Å². The Bertz CT molecular complexity index is 223. The van der Waals surface area contributed by atoms with E-state index in [4.69, 9.17) is 0 Å². The monoisotopic (exact) mass is 232 g/mol. The molecule has 4 heteroatoms. The van der Waals surface area contributed by atoms with E-state index in [1.165, 1.54) is 12.8 Å². The molecule has 1 aliphatic heterocycles. The summed E-state index contributed by atoms with van der Waals surface area (Å²) in [4.78, 5) is 2.47. The Morgan fingerprint density at radius 1 is 1.60 bits per heavy atom.